The van der Waals surface area contributed by atoms with Crippen LogP contribution in [0.4, 0.5) is 0 Å². The Hall–Kier alpha value is -1.74. The van der Waals surface area contributed by atoms with E-state index in [0.717, 1.165) is 0 Å². The summed E-state index contributed by atoms with van der Waals surface area (Å²) in [7, 11) is 2.12. The van der Waals surface area contributed by atoms with Crippen LogP contribution in [0.3, 0.4) is 0 Å². The van der Waals surface area contributed by atoms with Crippen LogP contribution in [0.5, 0.6) is 0 Å². The first-order valence-corrected chi connectivity index (χ1v) is 9.54. The van der Waals surface area contributed by atoms with Crippen molar-refractivity contribution in [2.45, 2.75) is 30.2 Å². The highest BCUT2D eigenvalue weighted by Gasteiger charge is 2.38. The van der Waals surface area contributed by atoms with Crippen molar-refractivity contribution in [2.75, 3.05) is 13.3 Å². The van der Waals surface area contributed by atoms with E-state index in [2.05, 4.69) is 66.8 Å². The number of hydrogen-bond acceptors (Lipinski definition) is 3. The molecule has 2 atom stereocenters. The van der Waals surface area contributed by atoms with Crippen LogP contribution in [0, 0.1) is 5.92 Å². The van der Waals surface area contributed by atoms with Crippen molar-refractivity contribution < 1.29 is 0 Å². The Bertz CT molecular complexity index is 736. The van der Waals surface area contributed by atoms with Crippen LogP contribution in [-0.2, 0) is 6.42 Å². The zero-order valence-corrected chi connectivity index (χ0v) is 14.5. The van der Waals surface area contributed by atoms with E-state index in [0.29, 0.717) is 12.0 Å². The average molecular weight is 322 g/mol. The Morgan fingerprint density at radius 1 is 1.09 bits per heavy atom. The van der Waals surface area contributed by atoms with Crippen molar-refractivity contribution >= 4 is 17.5 Å². The smallest absolute Gasteiger partial charge is 0.0801 e. The van der Waals surface area contributed by atoms with Gasteiger partial charge in [0.05, 0.1) is 11.8 Å². The largest absolute Gasteiger partial charge is 0.292 e. The molecular weight excluding hydrogens is 300 g/mol. The number of aryl methyl sites for hydroxylation is 1. The van der Waals surface area contributed by atoms with E-state index < -0.39 is 0 Å². The molecular formula is C20H22N2S. The number of rotatable bonds is 2. The van der Waals surface area contributed by atoms with E-state index in [1.165, 1.54) is 46.6 Å². The minimum Gasteiger partial charge on any atom is -0.292 e. The summed E-state index contributed by atoms with van der Waals surface area (Å²) < 4.78 is 0. The Morgan fingerprint density at radius 3 is 2.65 bits per heavy atom. The van der Waals surface area contributed by atoms with Crippen LogP contribution < -0.4 is 0 Å². The van der Waals surface area contributed by atoms with E-state index in [4.69, 9.17) is 5.10 Å². The number of hydrazone groups is 1. The summed E-state index contributed by atoms with van der Waals surface area (Å²) in [6.45, 7) is 0. The monoisotopic (exact) mass is 322 g/mol. The van der Waals surface area contributed by atoms with Gasteiger partial charge in [0, 0.05) is 23.4 Å². The maximum absolute atomic E-state index is 4.96. The number of thioether (sulfide) groups is 1. The molecule has 118 valence electrons. The fraction of sp³-hybridized carbons (Fsp3) is 0.350. The number of nitrogens with zero attached hydrogens (tertiary/aromatic N) is 2. The third-order valence-corrected chi connectivity index (χ3v) is 5.86. The molecule has 0 bridgehead atoms. The molecule has 0 spiro atoms. The molecule has 0 saturated carbocycles. The van der Waals surface area contributed by atoms with Gasteiger partial charge in [-0.15, -0.1) is 11.8 Å². The van der Waals surface area contributed by atoms with Gasteiger partial charge >= 0.3 is 0 Å². The molecule has 0 saturated heterocycles. The molecule has 0 aromatic heterocycles. The second-order valence-corrected chi connectivity index (χ2v) is 7.31. The van der Waals surface area contributed by atoms with Crippen molar-refractivity contribution in [3.05, 3.63) is 65.2 Å². The van der Waals surface area contributed by atoms with Crippen molar-refractivity contribution in [1.82, 2.24) is 5.01 Å². The quantitative estimate of drug-likeness (QED) is 0.741. The van der Waals surface area contributed by atoms with E-state index in [-0.39, 0.29) is 0 Å². The second kappa shape index (κ2) is 6.04. The van der Waals surface area contributed by atoms with Gasteiger partial charge < -0.3 is 0 Å². The average Bonchev–Trinajstić information content (AvgIpc) is 2.81. The number of hydrogen-bond donors (Lipinski definition) is 0. The minimum atomic E-state index is 0.368. The fourth-order valence-electron chi connectivity index (χ4n) is 4.01. The van der Waals surface area contributed by atoms with Gasteiger partial charge in [0.1, 0.15) is 0 Å². The van der Waals surface area contributed by atoms with Crippen molar-refractivity contribution in [3.63, 3.8) is 0 Å². The summed E-state index contributed by atoms with van der Waals surface area (Å²) in [6.07, 6.45) is 5.76. The molecule has 0 amide bonds. The van der Waals surface area contributed by atoms with Crippen molar-refractivity contribution in [3.8, 4) is 0 Å². The summed E-state index contributed by atoms with van der Waals surface area (Å²) in [5, 5.41) is 7.13. The van der Waals surface area contributed by atoms with Gasteiger partial charge in [0.25, 0.3) is 0 Å². The van der Waals surface area contributed by atoms with Crippen LogP contribution in [-0.4, -0.2) is 24.0 Å². The number of fused-ring (bicyclic) bond motifs is 3. The lowest BCUT2D eigenvalue weighted by Crippen LogP contribution is -2.23. The first kappa shape index (κ1) is 14.8. The van der Waals surface area contributed by atoms with E-state index >= 15 is 0 Å². The van der Waals surface area contributed by atoms with Crippen LogP contribution >= 0.6 is 11.8 Å². The van der Waals surface area contributed by atoms with Crippen LogP contribution in [0.25, 0.3) is 0 Å². The highest BCUT2D eigenvalue weighted by molar-refractivity contribution is 7.98. The lowest BCUT2D eigenvalue weighted by molar-refractivity contribution is 0.243. The Balaban J connectivity index is 1.72. The minimum absolute atomic E-state index is 0.368. The molecule has 1 aliphatic heterocycles. The van der Waals surface area contributed by atoms with Crippen LogP contribution in [0.15, 0.2) is 58.5 Å². The number of benzene rings is 2. The maximum atomic E-state index is 4.96. The second-order valence-electron chi connectivity index (χ2n) is 6.43. The molecule has 1 aliphatic carbocycles. The molecule has 2 aromatic carbocycles. The molecule has 0 radical (unpaired) electrons. The molecule has 2 aliphatic rings. The highest BCUT2D eigenvalue weighted by atomic mass is 32.2. The summed E-state index contributed by atoms with van der Waals surface area (Å²) in [5.41, 5.74) is 5.50. The van der Waals surface area contributed by atoms with Gasteiger partial charge in [0.15, 0.2) is 0 Å². The zero-order chi connectivity index (χ0) is 15.8. The van der Waals surface area contributed by atoms with Crippen LogP contribution in [0.2, 0.25) is 0 Å². The fourth-order valence-corrected chi connectivity index (χ4v) is 4.42. The van der Waals surface area contributed by atoms with E-state index in [1.807, 2.05) is 0 Å². The Morgan fingerprint density at radius 2 is 1.87 bits per heavy atom. The lowest BCUT2D eigenvalue weighted by Gasteiger charge is -2.25. The lowest BCUT2D eigenvalue weighted by atomic mass is 9.85. The third kappa shape index (κ3) is 2.57. The Labute approximate surface area is 142 Å². The molecule has 1 heterocycles. The molecule has 2 aromatic rings. The predicted molar refractivity (Wildman–Crippen MR) is 98.1 cm³/mol. The van der Waals surface area contributed by atoms with E-state index in [1.54, 1.807) is 11.8 Å². The Kier molecular flexibility index (Phi) is 3.90. The predicted octanol–water partition coefficient (Wildman–Crippen LogP) is 4.75. The van der Waals surface area contributed by atoms with Gasteiger partial charge in [-0.1, -0.05) is 36.4 Å². The molecule has 0 N–H and O–H groups in total. The topological polar surface area (TPSA) is 15.6 Å². The normalized spacial score (nSPS) is 23.0. The van der Waals surface area contributed by atoms with E-state index in [9.17, 15) is 0 Å². The maximum Gasteiger partial charge on any atom is 0.0801 e. The SMILES string of the molecule is CSc1ccc(C2C3CCCc4ccccc4C3=NN2C)cc1. The summed E-state index contributed by atoms with van der Waals surface area (Å²) >= 11 is 1.80. The summed E-state index contributed by atoms with van der Waals surface area (Å²) in [4.78, 5) is 1.32. The molecule has 3 heteroatoms. The first-order chi connectivity index (χ1) is 11.3. The summed E-state index contributed by atoms with van der Waals surface area (Å²) in [5.74, 6) is 0.503. The zero-order valence-electron chi connectivity index (χ0n) is 13.7. The standard InChI is InChI=1S/C20H22N2S/c1-22-20(15-10-12-16(23-2)13-11-15)18-9-5-7-14-6-3-4-8-17(14)19(18)21-22/h3-4,6,8,10-13,18,20H,5,7,9H2,1-2H3. The highest BCUT2D eigenvalue weighted by Crippen LogP contribution is 2.41. The summed E-state index contributed by atoms with van der Waals surface area (Å²) in [6, 6.07) is 18.2. The van der Waals surface area contributed by atoms with Gasteiger partial charge in [-0.2, -0.15) is 5.10 Å². The molecule has 23 heavy (non-hydrogen) atoms. The molecule has 2 nitrogen and oxygen atoms in total. The van der Waals surface area contributed by atoms with Gasteiger partial charge in [-0.25, -0.2) is 0 Å². The molecule has 4 rings (SSSR count). The first-order valence-electron chi connectivity index (χ1n) is 8.31. The van der Waals surface area contributed by atoms with Crippen LogP contribution in [0.1, 0.15) is 35.6 Å². The molecule has 2 unspecified atom stereocenters. The van der Waals surface area contributed by atoms with Crippen molar-refractivity contribution in [2.24, 2.45) is 11.0 Å². The van der Waals surface area contributed by atoms with Gasteiger partial charge in [0.2, 0.25) is 0 Å². The van der Waals surface area contributed by atoms with Gasteiger partial charge in [-0.05, 0) is 48.8 Å². The third-order valence-electron chi connectivity index (χ3n) is 5.11. The van der Waals surface area contributed by atoms with Gasteiger partial charge in [-0.3, -0.25) is 5.01 Å². The van der Waals surface area contributed by atoms with Crippen molar-refractivity contribution in [1.29, 1.82) is 0 Å². The molecule has 0 fully saturated rings.